The number of nitrogens with zero attached hydrogens (tertiary/aromatic N) is 2. The molecular weight excluding hydrogens is 244 g/mol. The molecule has 2 heterocycles. The van der Waals surface area contributed by atoms with E-state index in [0.29, 0.717) is 17.8 Å². The van der Waals surface area contributed by atoms with Gasteiger partial charge in [0.05, 0.1) is 5.56 Å². The van der Waals surface area contributed by atoms with Crippen molar-refractivity contribution < 1.29 is 9.59 Å². The van der Waals surface area contributed by atoms with Crippen molar-refractivity contribution in [1.29, 1.82) is 0 Å². The van der Waals surface area contributed by atoms with Crippen LogP contribution in [0.4, 0.5) is 0 Å². The number of amides is 2. The summed E-state index contributed by atoms with van der Waals surface area (Å²) in [6.07, 6.45) is 1.59. The van der Waals surface area contributed by atoms with Gasteiger partial charge in [-0.05, 0) is 19.9 Å². The second kappa shape index (κ2) is 5.05. The highest BCUT2D eigenvalue weighted by molar-refractivity contribution is 5.98. The van der Waals surface area contributed by atoms with E-state index in [1.807, 2.05) is 11.8 Å². The summed E-state index contributed by atoms with van der Waals surface area (Å²) in [6, 6.07) is 1.94. The molecule has 3 N–H and O–H groups in total. The Hall–Kier alpha value is -1.82. The van der Waals surface area contributed by atoms with Gasteiger partial charge in [-0.15, -0.1) is 0 Å². The molecule has 0 aliphatic carbocycles. The van der Waals surface area contributed by atoms with Crippen LogP contribution >= 0.6 is 0 Å². The summed E-state index contributed by atoms with van der Waals surface area (Å²) in [4.78, 5) is 25.5. The fourth-order valence-corrected chi connectivity index (χ4v) is 2.40. The van der Waals surface area contributed by atoms with E-state index in [0.717, 1.165) is 6.54 Å². The average molecular weight is 264 g/mol. The van der Waals surface area contributed by atoms with Crippen molar-refractivity contribution in [2.75, 3.05) is 13.1 Å². The van der Waals surface area contributed by atoms with Crippen LogP contribution in [-0.2, 0) is 7.05 Å². The van der Waals surface area contributed by atoms with Crippen LogP contribution in [0.1, 0.15) is 34.7 Å². The minimum atomic E-state index is -0.517. The predicted molar refractivity (Wildman–Crippen MR) is 71.9 cm³/mol. The summed E-state index contributed by atoms with van der Waals surface area (Å²) >= 11 is 0. The van der Waals surface area contributed by atoms with Crippen LogP contribution < -0.4 is 11.1 Å². The molecule has 2 rings (SSSR count). The standard InChI is InChI=1S/C13H20N4O2/c1-8-9(2)17(5-4-15-8)13(19)11-6-10(12(14)18)7-16(11)3/h6-9,15H,4-5H2,1-3H3,(H2,14,18). The van der Waals surface area contributed by atoms with Crippen molar-refractivity contribution in [3.63, 3.8) is 0 Å². The van der Waals surface area contributed by atoms with Crippen molar-refractivity contribution in [1.82, 2.24) is 14.8 Å². The van der Waals surface area contributed by atoms with E-state index in [-0.39, 0.29) is 18.0 Å². The minimum Gasteiger partial charge on any atom is -0.366 e. The monoisotopic (exact) mass is 264 g/mol. The van der Waals surface area contributed by atoms with E-state index in [1.54, 1.807) is 23.9 Å². The first kappa shape index (κ1) is 13.6. The maximum atomic E-state index is 12.5. The van der Waals surface area contributed by atoms with E-state index in [2.05, 4.69) is 12.2 Å². The van der Waals surface area contributed by atoms with E-state index in [9.17, 15) is 9.59 Å². The Kier molecular flexibility index (Phi) is 3.61. The molecular formula is C13H20N4O2. The fourth-order valence-electron chi connectivity index (χ4n) is 2.40. The fraction of sp³-hybridized carbons (Fsp3) is 0.538. The second-order valence-electron chi connectivity index (χ2n) is 5.07. The van der Waals surface area contributed by atoms with Gasteiger partial charge in [-0.3, -0.25) is 9.59 Å². The number of nitrogens with one attached hydrogen (secondary N) is 1. The molecule has 0 saturated carbocycles. The summed E-state index contributed by atoms with van der Waals surface area (Å²) in [5.41, 5.74) is 6.09. The molecule has 2 unspecified atom stereocenters. The van der Waals surface area contributed by atoms with Gasteiger partial charge in [0.2, 0.25) is 5.91 Å². The molecule has 0 radical (unpaired) electrons. The number of hydrogen-bond donors (Lipinski definition) is 2. The predicted octanol–water partition coefficient (Wildman–Crippen LogP) is -0.0536. The highest BCUT2D eigenvalue weighted by atomic mass is 16.2. The molecule has 19 heavy (non-hydrogen) atoms. The number of aromatic nitrogens is 1. The van der Waals surface area contributed by atoms with Crippen LogP contribution in [0.25, 0.3) is 0 Å². The van der Waals surface area contributed by atoms with Crippen molar-refractivity contribution in [2.45, 2.75) is 25.9 Å². The Morgan fingerprint density at radius 2 is 2.11 bits per heavy atom. The number of carbonyl (C=O) groups is 2. The molecule has 1 fully saturated rings. The lowest BCUT2D eigenvalue weighted by Crippen LogP contribution is -2.57. The van der Waals surface area contributed by atoms with Gasteiger partial charge in [0.15, 0.2) is 0 Å². The lowest BCUT2D eigenvalue weighted by atomic mass is 10.1. The van der Waals surface area contributed by atoms with E-state index in [1.165, 1.54) is 0 Å². The smallest absolute Gasteiger partial charge is 0.270 e. The van der Waals surface area contributed by atoms with Crippen LogP contribution in [0.3, 0.4) is 0 Å². The lowest BCUT2D eigenvalue weighted by Gasteiger charge is -2.38. The van der Waals surface area contributed by atoms with Gasteiger partial charge in [-0.25, -0.2) is 0 Å². The Bertz CT molecular complexity index is 509. The number of piperazine rings is 1. The number of nitrogens with two attached hydrogens (primary N) is 1. The van der Waals surface area contributed by atoms with Crippen molar-refractivity contribution in [3.05, 3.63) is 23.5 Å². The third kappa shape index (κ3) is 2.49. The van der Waals surface area contributed by atoms with Gasteiger partial charge >= 0.3 is 0 Å². The van der Waals surface area contributed by atoms with Gasteiger partial charge in [-0.1, -0.05) is 0 Å². The Labute approximate surface area is 112 Å². The molecule has 1 aromatic heterocycles. The summed E-state index contributed by atoms with van der Waals surface area (Å²) < 4.78 is 1.65. The van der Waals surface area contributed by atoms with Crippen LogP contribution in [0.15, 0.2) is 12.3 Å². The maximum Gasteiger partial charge on any atom is 0.270 e. The van der Waals surface area contributed by atoms with Crippen LogP contribution in [0.2, 0.25) is 0 Å². The summed E-state index contributed by atoms with van der Waals surface area (Å²) in [7, 11) is 1.75. The van der Waals surface area contributed by atoms with Gasteiger partial charge < -0.3 is 20.5 Å². The largest absolute Gasteiger partial charge is 0.366 e. The molecule has 1 aliphatic heterocycles. The molecule has 6 nitrogen and oxygen atoms in total. The number of carbonyl (C=O) groups excluding carboxylic acids is 2. The molecule has 1 aliphatic rings. The SMILES string of the molecule is CC1NCCN(C(=O)c2cc(C(N)=O)cn2C)C1C. The van der Waals surface area contributed by atoms with Crippen molar-refractivity contribution in [3.8, 4) is 0 Å². The van der Waals surface area contributed by atoms with Crippen molar-refractivity contribution in [2.24, 2.45) is 12.8 Å². The molecule has 2 atom stereocenters. The number of primary amides is 1. The highest BCUT2D eigenvalue weighted by Gasteiger charge is 2.30. The Morgan fingerprint density at radius 3 is 2.68 bits per heavy atom. The number of rotatable bonds is 2. The summed E-state index contributed by atoms with van der Waals surface area (Å²) in [6.45, 7) is 5.53. The van der Waals surface area contributed by atoms with Crippen LogP contribution in [-0.4, -0.2) is 46.5 Å². The molecule has 0 bridgehead atoms. The average Bonchev–Trinajstić information content (AvgIpc) is 2.74. The zero-order valence-electron chi connectivity index (χ0n) is 11.5. The first-order valence-electron chi connectivity index (χ1n) is 6.42. The van der Waals surface area contributed by atoms with Gasteiger partial charge in [0, 0.05) is 38.4 Å². The number of aryl methyl sites for hydroxylation is 1. The molecule has 6 heteroatoms. The third-order valence-electron chi connectivity index (χ3n) is 3.80. The first-order valence-corrected chi connectivity index (χ1v) is 6.42. The quantitative estimate of drug-likeness (QED) is 0.785. The highest BCUT2D eigenvalue weighted by Crippen LogP contribution is 2.15. The Balaban J connectivity index is 2.26. The molecule has 2 amide bonds. The van der Waals surface area contributed by atoms with Gasteiger partial charge in [0.1, 0.15) is 5.69 Å². The van der Waals surface area contributed by atoms with Crippen LogP contribution in [0.5, 0.6) is 0 Å². The normalized spacial score (nSPS) is 23.4. The Morgan fingerprint density at radius 1 is 1.42 bits per heavy atom. The minimum absolute atomic E-state index is 0.0594. The maximum absolute atomic E-state index is 12.5. The van der Waals surface area contributed by atoms with E-state index >= 15 is 0 Å². The van der Waals surface area contributed by atoms with E-state index < -0.39 is 5.91 Å². The summed E-state index contributed by atoms with van der Waals surface area (Å²) in [5.74, 6) is -0.577. The van der Waals surface area contributed by atoms with Crippen LogP contribution in [0, 0.1) is 0 Å². The van der Waals surface area contributed by atoms with Crippen molar-refractivity contribution >= 4 is 11.8 Å². The van der Waals surface area contributed by atoms with Gasteiger partial charge in [-0.2, -0.15) is 0 Å². The molecule has 0 aromatic carbocycles. The third-order valence-corrected chi connectivity index (χ3v) is 3.80. The second-order valence-corrected chi connectivity index (χ2v) is 5.07. The molecule has 1 aromatic rings. The summed E-state index contributed by atoms with van der Waals surface area (Å²) in [5, 5.41) is 3.33. The lowest BCUT2D eigenvalue weighted by molar-refractivity contribution is 0.0593. The zero-order valence-corrected chi connectivity index (χ0v) is 11.5. The van der Waals surface area contributed by atoms with E-state index in [4.69, 9.17) is 5.73 Å². The molecule has 0 spiro atoms. The first-order chi connectivity index (χ1) is 8.91. The topological polar surface area (TPSA) is 80.4 Å². The zero-order chi connectivity index (χ0) is 14.2. The van der Waals surface area contributed by atoms with Gasteiger partial charge in [0.25, 0.3) is 5.91 Å². The molecule has 1 saturated heterocycles. The number of hydrogen-bond acceptors (Lipinski definition) is 3. The molecule has 104 valence electrons.